The number of aliphatic hydroxyl groups is 2. The van der Waals surface area contributed by atoms with Crippen LogP contribution in [0.15, 0.2) is 83.6 Å². The van der Waals surface area contributed by atoms with Crippen molar-refractivity contribution in [1.29, 1.82) is 0 Å². The fraction of sp³-hybridized carbons (Fsp3) is 0.387. The second kappa shape index (κ2) is 17.8. The molecule has 0 aliphatic heterocycles. The molecule has 7 nitrogen and oxygen atoms in total. The summed E-state index contributed by atoms with van der Waals surface area (Å²) in [5.41, 5.74) is 2.21. The van der Waals surface area contributed by atoms with Crippen LogP contribution < -0.4 is 5.32 Å². The molecule has 0 heterocycles. The molecule has 0 spiro atoms. The SMILES string of the molecule is C=CC(C=Nc1ccc(C(=O)N(CC)CCNc2ccccc2)cc1N=CCCCC(F)(F)C(O)O)CC/C=C/F. The van der Waals surface area contributed by atoms with Crippen LogP contribution in [0.1, 0.15) is 49.4 Å². The molecule has 222 valence electrons. The molecule has 0 bridgehead atoms. The van der Waals surface area contributed by atoms with Gasteiger partial charge in [-0.2, -0.15) is 0 Å². The molecule has 1 unspecified atom stereocenters. The van der Waals surface area contributed by atoms with Gasteiger partial charge in [-0.05, 0) is 62.9 Å². The number of nitrogens with one attached hydrogen (secondary N) is 1. The number of carbonyl (C=O) groups is 1. The van der Waals surface area contributed by atoms with Crippen LogP contribution in [0.25, 0.3) is 0 Å². The summed E-state index contributed by atoms with van der Waals surface area (Å²) in [6, 6.07) is 14.6. The van der Waals surface area contributed by atoms with Crippen LogP contribution >= 0.6 is 0 Å². The van der Waals surface area contributed by atoms with Crippen molar-refractivity contribution >= 4 is 35.4 Å². The van der Waals surface area contributed by atoms with Crippen molar-refractivity contribution in [3.8, 4) is 0 Å². The second-order valence-electron chi connectivity index (χ2n) is 9.34. The van der Waals surface area contributed by atoms with Crippen LogP contribution in [0.3, 0.4) is 0 Å². The minimum Gasteiger partial charge on any atom is -0.383 e. The first-order valence-electron chi connectivity index (χ1n) is 13.6. The maximum Gasteiger partial charge on any atom is 0.297 e. The quantitative estimate of drug-likeness (QED) is 0.0788. The van der Waals surface area contributed by atoms with Crippen LogP contribution in [0.2, 0.25) is 0 Å². The van der Waals surface area contributed by atoms with Gasteiger partial charge in [0.2, 0.25) is 6.29 Å². The van der Waals surface area contributed by atoms with Crippen LogP contribution in [0.4, 0.5) is 30.2 Å². The van der Waals surface area contributed by atoms with Gasteiger partial charge in [0.1, 0.15) is 0 Å². The van der Waals surface area contributed by atoms with E-state index < -0.39 is 18.6 Å². The molecule has 2 aromatic carbocycles. The van der Waals surface area contributed by atoms with E-state index in [1.54, 1.807) is 35.4 Å². The number of aliphatic imine (C=N–C) groups is 2. The van der Waals surface area contributed by atoms with Gasteiger partial charge in [0.15, 0.2) is 0 Å². The van der Waals surface area contributed by atoms with Gasteiger partial charge in [0.05, 0.1) is 17.7 Å². The lowest BCUT2D eigenvalue weighted by molar-refractivity contribution is -0.211. The number of carbonyl (C=O) groups excluding carboxylic acids is 1. The number of nitrogens with zero attached hydrogens (tertiary/aromatic N) is 3. The first-order chi connectivity index (χ1) is 19.7. The maximum atomic E-state index is 13.5. The Morgan fingerprint density at radius 2 is 1.88 bits per heavy atom. The van der Waals surface area contributed by atoms with E-state index in [2.05, 4.69) is 21.9 Å². The lowest BCUT2D eigenvalue weighted by Crippen LogP contribution is -2.34. The third-order valence-corrected chi connectivity index (χ3v) is 6.29. The molecule has 0 aromatic heterocycles. The van der Waals surface area contributed by atoms with E-state index in [0.29, 0.717) is 55.7 Å². The number of unbranched alkanes of at least 4 members (excludes halogenated alkanes) is 1. The van der Waals surface area contributed by atoms with Gasteiger partial charge in [0.25, 0.3) is 11.8 Å². The second-order valence-corrected chi connectivity index (χ2v) is 9.34. The maximum absolute atomic E-state index is 13.5. The summed E-state index contributed by atoms with van der Waals surface area (Å²) in [4.78, 5) is 23.9. The van der Waals surface area contributed by atoms with Crippen molar-refractivity contribution in [2.24, 2.45) is 15.9 Å². The number of hydrogen-bond donors (Lipinski definition) is 3. The van der Waals surface area contributed by atoms with E-state index in [4.69, 9.17) is 10.2 Å². The van der Waals surface area contributed by atoms with Gasteiger partial charge >= 0.3 is 0 Å². The lowest BCUT2D eigenvalue weighted by atomic mass is 10.0. The van der Waals surface area contributed by atoms with Gasteiger partial charge in [-0.15, -0.1) is 6.58 Å². The normalized spacial score (nSPS) is 13.0. The number of allylic oxidation sites excluding steroid dienone is 2. The molecule has 0 fully saturated rings. The zero-order valence-electron chi connectivity index (χ0n) is 23.3. The highest BCUT2D eigenvalue weighted by Crippen LogP contribution is 2.30. The molecule has 0 aliphatic carbocycles. The summed E-state index contributed by atoms with van der Waals surface area (Å²) in [5.74, 6) is -3.91. The van der Waals surface area contributed by atoms with Crippen LogP contribution in [-0.2, 0) is 0 Å². The van der Waals surface area contributed by atoms with Crippen molar-refractivity contribution in [1.82, 2.24) is 4.90 Å². The van der Waals surface area contributed by atoms with Gasteiger partial charge in [-0.1, -0.05) is 30.4 Å². The number of halogens is 3. The zero-order chi connectivity index (χ0) is 30.1. The Labute approximate surface area is 239 Å². The summed E-state index contributed by atoms with van der Waals surface area (Å²) < 4.78 is 39.3. The lowest BCUT2D eigenvalue weighted by Gasteiger charge is -2.22. The van der Waals surface area contributed by atoms with Crippen molar-refractivity contribution in [2.75, 3.05) is 25.0 Å². The minimum atomic E-state index is -3.61. The fourth-order valence-corrected chi connectivity index (χ4v) is 3.85. The van der Waals surface area contributed by atoms with Gasteiger partial charge < -0.3 is 20.4 Å². The molecule has 0 radical (unpaired) electrons. The van der Waals surface area contributed by atoms with Gasteiger partial charge in [-0.3, -0.25) is 14.8 Å². The summed E-state index contributed by atoms with van der Waals surface area (Å²) >= 11 is 0. The number of likely N-dealkylation sites (N-methyl/N-ethyl adjacent to an activating group) is 1. The summed E-state index contributed by atoms with van der Waals surface area (Å²) in [6.45, 7) is 7.22. The third kappa shape index (κ3) is 11.7. The van der Waals surface area contributed by atoms with E-state index >= 15 is 0 Å². The Morgan fingerprint density at radius 3 is 2.54 bits per heavy atom. The zero-order valence-corrected chi connectivity index (χ0v) is 23.3. The number of benzene rings is 2. The number of anilines is 1. The highest BCUT2D eigenvalue weighted by molar-refractivity contribution is 5.96. The first-order valence-corrected chi connectivity index (χ1v) is 13.6. The van der Waals surface area contributed by atoms with E-state index in [1.165, 1.54) is 12.3 Å². The highest BCUT2D eigenvalue weighted by atomic mass is 19.3. The Kier molecular flexibility index (Phi) is 14.5. The highest BCUT2D eigenvalue weighted by Gasteiger charge is 2.36. The third-order valence-electron chi connectivity index (χ3n) is 6.29. The topological polar surface area (TPSA) is 97.5 Å². The Bertz CT molecular complexity index is 1170. The molecular formula is C31H39F3N4O3. The minimum absolute atomic E-state index is 0.0238. The molecule has 0 saturated carbocycles. The number of hydrogen-bond acceptors (Lipinski definition) is 6. The molecule has 1 amide bonds. The van der Waals surface area contributed by atoms with E-state index in [0.717, 1.165) is 5.69 Å². The standard InChI is InChI=1S/C31H39F3N4O3/c1-3-24(12-8-10-18-32)23-37-27-16-15-25(22-28(27)36-19-11-9-17-31(33,34)30(40)41)29(39)38(4-2)21-20-35-26-13-6-5-7-14-26/h3,5-7,10,13-16,18-19,22-24,30,35,40-41H,1,4,8-9,11-12,17,20-21H2,2H3/b18-10+,36-19?,37-23?. The molecule has 1 atom stereocenters. The van der Waals surface area contributed by atoms with Gasteiger partial charge in [0, 0.05) is 55.7 Å². The van der Waals surface area contributed by atoms with Crippen molar-refractivity contribution in [3.63, 3.8) is 0 Å². The Balaban J connectivity index is 2.20. The number of rotatable bonds is 18. The molecule has 41 heavy (non-hydrogen) atoms. The predicted molar refractivity (Wildman–Crippen MR) is 159 cm³/mol. The average molecular weight is 573 g/mol. The molecule has 10 heteroatoms. The smallest absolute Gasteiger partial charge is 0.297 e. The van der Waals surface area contributed by atoms with Crippen LogP contribution in [0.5, 0.6) is 0 Å². The molecule has 2 rings (SSSR count). The van der Waals surface area contributed by atoms with Crippen molar-refractivity contribution < 1.29 is 28.2 Å². The molecule has 0 saturated heterocycles. The van der Waals surface area contributed by atoms with E-state index in [1.807, 2.05) is 37.3 Å². The largest absolute Gasteiger partial charge is 0.383 e. The van der Waals surface area contributed by atoms with E-state index in [-0.39, 0.29) is 24.7 Å². The summed E-state index contributed by atoms with van der Waals surface area (Å²) in [6.07, 6.45) is 4.55. The van der Waals surface area contributed by atoms with Crippen LogP contribution in [0, 0.1) is 5.92 Å². The summed E-state index contributed by atoms with van der Waals surface area (Å²) in [7, 11) is 0. The monoisotopic (exact) mass is 572 g/mol. The Morgan fingerprint density at radius 1 is 1.12 bits per heavy atom. The van der Waals surface area contributed by atoms with Crippen molar-refractivity contribution in [2.45, 2.75) is 51.2 Å². The molecular weight excluding hydrogens is 533 g/mol. The number of para-hydroxylation sites is 1. The fourth-order valence-electron chi connectivity index (χ4n) is 3.85. The molecule has 0 aliphatic rings. The first kappa shape index (κ1) is 33.4. The predicted octanol–water partition coefficient (Wildman–Crippen LogP) is 6.85. The molecule has 2 aromatic rings. The summed E-state index contributed by atoms with van der Waals surface area (Å²) in [5, 5.41) is 20.9. The Hall–Kier alpha value is -3.76. The average Bonchev–Trinajstić information content (AvgIpc) is 2.97. The van der Waals surface area contributed by atoms with Crippen molar-refractivity contribution in [3.05, 3.63) is 79.2 Å². The van der Waals surface area contributed by atoms with Crippen LogP contribution in [-0.4, -0.2) is 65.3 Å². The number of aliphatic hydroxyl groups excluding tert-OH is 1. The number of alkyl halides is 2. The van der Waals surface area contributed by atoms with E-state index in [9.17, 15) is 18.0 Å². The molecule has 3 N–H and O–H groups in total. The number of amides is 1. The van der Waals surface area contributed by atoms with Gasteiger partial charge in [-0.25, -0.2) is 13.2 Å².